The third kappa shape index (κ3) is 9.80. The summed E-state index contributed by atoms with van der Waals surface area (Å²) in [6.45, 7) is 5.06. The Bertz CT molecular complexity index is 1670. The van der Waals surface area contributed by atoms with Crippen LogP contribution >= 0.6 is 0 Å². The Morgan fingerprint density at radius 2 is 0.714 bits per heavy atom. The minimum atomic E-state index is -3.57. The first-order chi connectivity index (χ1) is 23.9. The average molecular weight is 689 g/mol. The van der Waals surface area contributed by atoms with E-state index in [0.717, 1.165) is 37.9 Å². The molecule has 0 radical (unpaired) electrons. The molecule has 0 aliphatic carbocycles. The fourth-order valence-electron chi connectivity index (χ4n) is 4.55. The van der Waals surface area contributed by atoms with Gasteiger partial charge < -0.3 is 37.9 Å². The first kappa shape index (κ1) is 33.1. The number of ketones is 1. The molecule has 49 heavy (non-hydrogen) atoms. The van der Waals surface area contributed by atoms with Crippen LogP contribution in [0.3, 0.4) is 0 Å². The second-order valence-electron chi connectivity index (χ2n) is 11.9. The van der Waals surface area contributed by atoms with Crippen molar-refractivity contribution in [3.63, 3.8) is 0 Å². The van der Waals surface area contributed by atoms with E-state index in [2.05, 4.69) is 0 Å². The fraction of sp³-hybridized carbons (Fsp3) is 0.324. The Morgan fingerprint density at radius 3 is 0.959 bits per heavy atom. The summed E-state index contributed by atoms with van der Waals surface area (Å²) in [5, 5.41) is 0. The van der Waals surface area contributed by atoms with E-state index >= 15 is 0 Å². The van der Waals surface area contributed by atoms with Crippen LogP contribution in [-0.2, 0) is 28.8 Å². The fourth-order valence-corrected chi connectivity index (χ4v) is 5.81. The van der Waals surface area contributed by atoms with Crippen LogP contribution in [0.1, 0.15) is 15.9 Å². The van der Waals surface area contributed by atoms with E-state index in [9.17, 15) is 13.2 Å². The molecule has 4 aliphatic rings. The van der Waals surface area contributed by atoms with Crippen molar-refractivity contribution in [1.29, 1.82) is 0 Å². The van der Waals surface area contributed by atoms with Gasteiger partial charge in [-0.25, -0.2) is 8.42 Å². The zero-order chi connectivity index (χ0) is 33.6. The highest BCUT2D eigenvalue weighted by molar-refractivity contribution is 7.91. The largest absolute Gasteiger partial charge is 0.491 e. The number of sulfone groups is 1. The molecule has 12 heteroatoms. The van der Waals surface area contributed by atoms with Crippen molar-refractivity contribution in [3.8, 4) is 23.0 Å². The van der Waals surface area contributed by atoms with Gasteiger partial charge in [0.25, 0.3) is 0 Å². The first-order valence-electron chi connectivity index (χ1n) is 16.1. The molecule has 4 aromatic rings. The van der Waals surface area contributed by atoms with E-state index < -0.39 is 9.84 Å². The lowest BCUT2D eigenvalue weighted by molar-refractivity contribution is 0.103. The molecule has 11 nitrogen and oxygen atoms in total. The lowest BCUT2D eigenvalue weighted by atomic mass is 10.0. The van der Waals surface area contributed by atoms with Crippen LogP contribution in [0.15, 0.2) is 107 Å². The van der Waals surface area contributed by atoms with Gasteiger partial charge in [0.2, 0.25) is 9.84 Å². The SMILES string of the molecule is O=C(c1ccc(OCC2CO2)cc1)c1ccc(OCC2CO2)cc1.O=S(=O)(c1ccc(OCC2CO2)cc1)c1ccc(OCC2CO2)cc1. The average Bonchev–Trinajstić information content (AvgIpc) is 3.95. The lowest BCUT2D eigenvalue weighted by Crippen LogP contribution is -2.06. The monoisotopic (exact) mass is 688 g/mol. The van der Waals surface area contributed by atoms with Crippen molar-refractivity contribution >= 4 is 15.6 Å². The zero-order valence-corrected chi connectivity index (χ0v) is 27.4. The van der Waals surface area contributed by atoms with Gasteiger partial charge in [-0.05, 0) is 97.1 Å². The van der Waals surface area contributed by atoms with Crippen molar-refractivity contribution in [2.24, 2.45) is 0 Å². The summed E-state index contributed by atoms with van der Waals surface area (Å²) >= 11 is 0. The Morgan fingerprint density at radius 1 is 0.469 bits per heavy atom. The predicted molar refractivity (Wildman–Crippen MR) is 176 cm³/mol. The summed E-state index contributed by atoms with van der Waals surface area (Å²) in [7, 11) is -3.57. The normalized spacial score (nSPS) is 21.4. The number of rotatable bonds is 16. The molecule has 8 rings (SSSR count). The summed E-state index contributed by atoms with van der Waals surface area (Å²) in [6, 6.07) is 27.2. The van der Waals surface area contributed by atoms with Crippen molar-refractivity contribution < 1.29 is 51.1 Å². The van der Waals surface area contributed by atoms with Gasteiger partial charge in [-0.15, -0.1) is 0 Å². The van der Waals surface area contributed by atoms with Crippen molar-refractivity contribution in [2.45, 2.75) is 34.2 Å². The quantitative estimate of drug-likeness (QED) is 0.121. The van der Waals surface area contributed by atoms with Crippen LogP contribution in [0.4, 0.5) is 0 Å². The molecule has 0 N–H and O–H groups in total. The van der Waals surface area contributed by atoms with Crippen LogP contribution < -0.4 is 18.9 Å². The second kappa shape index (κ2) is 15.0. The summed E-state index contributed by atoms with van der Waals surface area (Å²) in [5.41, 5.74) is 1.26. The van der Waals surface area contributed by atoms with Gasteiger partial charge in [0, 0.05) is 11.1 Å². The van der Waals surface area contributed by atoms with Gasteiger partial charge in [0.15, 0.2) is 5.78 Å². The molecule has 0 aromatic heterocycles. The number of hydrogen-bond acceptors (Lipinski definition) is 11. The molecule has 4 unspecified atom stereocenters. The zero-order valence-electron chi connectivity index (χ0n) is 26.6. The van der Waals surface area contributed by atoms with Crippen LogP contribution in [0.2, 0.25) is 0 Å². The Hall–Kier alpha value is -4.46. The lowest BCUT2D eigenvalue weighted by Gasteiger charge is -2.08. The molecule has 4 aliphatic heterocycles. The number of hydrogen-bond donors (Lipinski definition) is 0. The topological polar surface area (TPSA) is 138 Å². The molecular formula is C37H36O11S. The smallest absolute Gasteiger partial charge is 0.206 e. The highest BCUT2D eigenvalue weighted by Gasteiger charge is 2.25. The van der Waals surface area contributed by atoms with Crippen LogP contribution in [0.5, 0.6) is 23.0 Å². The highest BCUT2D eigenvalue weighted by atomic mass is 32.2. The number of ether oxygens (including phenoxy) is 8. The van der Waals surface area contributed by atoms with E-state index in [1.54, 1.807) is 72.8 Å². The van der Waals surface area contributed by atoms with E-state index in [4.69, 9.17) is 37.9 Å². The van der Waals surface area contributed by atoms with E-state index in [0.29, 0.717) is 49.1 Å². The van der Waals surface area contributed by atoms with Crippen molar-refractivity contribution in [1.82, 2.24) is 0 Å². The predicted octanol–water partition coefficient (Wildman–Crippen LogP) is 4.55. The maximum atomic E-state index is 12.7. The number of carbonyl (C=O) groups is 1. The van der Waals surface area contributed by atoms with Crippen LogP contribution in [-0.4, -0.2) is 91.5 Å². The molecule has 0 spiro atoms. The molecule has 4 saturated heterocycles. The van der Waals surface area contributed by atoms with Crippen molar-refractivity contribution in [3.05, 3.63) is 108 Å². The van der Waals surface area contributed by atoms with Gasteiger partial charge in [-0.1, -0.05) is 0 Å². The van der Waals surface area contributed by atoms with E-state index in [1.165, 1.54) is 0 Å². The Balaban J connectivity index is 0.000000154. The number of carbonyl (C=O) groups excluding carboxylic acids is 1. The summed E-state index contributed by atoms with van der Waals surface area (Å²) in [4.78, 5) is 12.9. The second-order valence-corrected chi connectivity index (χ2v) is 13.8. The van der Waals surface area contributed by atoms with E-state index in [-0.39, 0.29) is 40.0 Å². The molecule has 0 bridgehead atoms. The van der Waals surface area contributed by atoms with Gasteiger partial charge in [-0.2, -0.15) is 0 Å². The minimum Gasteiger partial charge on any atom is -0.491 e. The maximum absolute atomic E-state index is 12.7. The Kier molecular flexibility index (Phi) is 10.1. The molecule has 4 heterocycles. The number of epoxide rings is 4. The summed E-state index contributed by atoms with van der Waals surface area (Å²) in [6.07, 6.45) is 0.767. The number of benzene rings is 4. The molecule has 4 aromatic carbocycles. The van der Waals surface area contributed by atoms with Crippen molar-refractivity contribution in [2.75, 3.05) is 52.9 Å². The maximum Gasteiger partial charge on any atom is 0.206 e. The molecule has 0 amide bonds. The van der Waals surface area contributed by atoms with Gasteiger partial charge >= 0.3 is 0 Å². The third-order valence-corrected chi connectivity index (χ3v) is 9.64. The molecule has 4 atom stereocenters. The molecular weight excluding hydrogens is 652 g/mol. The molecule has 256 valence electrons. The third-order valence-electron chi connectivity index (χ3n) is 7.85. The van der Waals surface area contributed by atoms with Crippen LogP contribution in [0.25, 0.3) is 0 Å². The standard InChI is InChI=1S/C19H18O5.C18H18O6S/c20-19(13-1-5-15(6-2-13)21-9-17-11-23-17)14-3-7-16(8-4-14)22-10-18-12-24-18;19-25(20,17-5-1-13(2-6-17)21-9-15-11-23-15)18-7-3-14(4-8-18)22-10-16-12-24-16/h1-8,17-18H,9-12H2;1-8,15-16H,9-12H2. The molecule has 0 saturated carbocycles. The van der Waals surface area contributed by atoms with Crippen LogP contribution in [0, 0.1) is 0 Å². The summed E-state index contributed by atoms with van der Waals surface area (Å²) in [5.74, 6) is 2.71. The Labute approximate surface area is 284 Å². The van der Waals surface area contributed by atoms with E-state index in [1.807, 2.05) is 24.3 Å². The first-order valence-corrected chi connectivity index (χ1v) is 17.5. The van der Waals surface area contributed by atoms with Gasteiger partial charge in [0.1, 0.15) is 73.8 Å². The highest BCUT2D eigenvalue weighted by Crippen LogP contribution is 2.26. The van der Waals surface area contributed by atoms with Gasteiger partial charge in [-0.3, -0.25) is 4.79 Å². The summed E-state index contributed by atoms with van der Waals surface area (Å²) < 4.78 is 67.9. The minimum absolute atomic E-state index is 0.0239. The van der Waals surface area contributed by atoms with Gasteiger partial charge in [0.05, 0.1) is 36.2 Å². The molecule has 4 fully saturated rings.